The topological polar surface area (TPSA) is 79.7 Å². The van der Waals surface area contributed by atoms with E-state index in [4.69, 9.17) is 0 Å². The molecule has 4 rings (SSSR count). The molecule has 0 spiro atoms. The van der Waals surface area contributed by atoms with Crippen molar-refractivity contribution in [3.05, 3.63) is 86.5 Å². The molecule has 2 heterocycles. The molecule has 0 saturated carbocycles. The zero-order valence-electron chi connectivity index (χ0n) is 22.6. The number of aromatic nitrogens is 5. The molecule has 0 bridgehead atoms. The van der Waals surface area contributed by atoms with Crippen LogP contribution in [0.2, 0.25) is 0 Å². The Bertz CT molecular complexity index is 1410. The minimum absolute atomic E-state index is 0.0300. The number of hydrogen-bond donors (Lipinski definition) is 1. The second kappa shape index (κ2) is 10.3. The second-order valence-electron chi connectivity index (χ2n) is 10.9. The molecule has 1 unspecified atom stereocenters. The Morgan fingerprint density at radius 1 is 1.03 bits per heavy atom. The van der Waals surface area contributed by atoms with Crippen molar-refractivity contribution < 1.29 is 0 Å². The maximum atomic E-state index is 13.2. The van der Waals surface area contributed by atoms with Gasteiger partial charge in [-0.1, -0.05) is 42.8 Å². The normalized spacial score (nSPS) is 13.0. The molecule has 2 aromatic carbocycles. The van der Waals surface area contributed by atoms with Crippen LogP contribution in [0.1, 0.15) is 73.8 Å². The molecular formula is C29H38N6O. The quantitative estimate of drug-likeness (QED) is 0.361. The van der Waals surface area contributed by atoms with Gasteiger partial charge in [0, 0.05) is 18.7 Å². The average molecular weight is 487 g/mol. The zero-order chi connectivity index (χ0) is 26.0. The first-order chi connectivity index (χ1) is 17.1. The van der Waals surface area contributed by atoms with Crippen molar-refractivity contribution in [1.82, 2.24) is 30.1 Å². The summed E-state index contributed by atoms with van der Waals surface area (Å²) in [6.07, 6.45) is 1.71. The molecule has 36 heavy (non-hydrogen) atoms. The van der Waals surface area contributed by atoms with E-state index in [1.54, 1.807) is 0 Å². The molecule has 4 aromatic rings. The van der Waals surface area contributed by atoms with Crippen molar-refractivity contribution in [2.24, 2.45) is 0 Å². The number of nitrogens with one attached hydrogen (secondary N) is 1. The summed E-state index contributed by atoms with van der Waals surface area (Å²) in [6.45, 7) is 16.1. The molecule has 7 nitrogen and oxygen atoms in total. The summed E-state index contributed by atoms with van der Waals surface area (Å²) in [5, 5.41) is 13.9. The van der Waals surface area contributed by atoms with E-state index in [0.717, 1.165) is 47.2 Å². The standard InChI is InChI=1S/C29H38N6O/c1-8-25(27-31-32-33-35(27)29(5,6)7)34(14-13-22-12-10-9-11-20(22)3)18-24-17-23-16-19(2)15-21(4)26(23)30-28(24)36/h9-12,15-17,25H,8,13-14,18H2,1-7H3,(H,30,36). The van der Waals surface area contributed by atoms with Gasteiger partial charge in [-0.25, -0.2) is 4.68 Å². The van der Waals surface area contributed by atoms with Crippen LogP contribution in [0.25, 0.3) is 10.9 Å². The molecule has 1 N–H and O–H groups in total. The van der Waals surface area contributed by atoms with Crippen LogP contribution in [-0.2, 0) is 18.5 Å². The van der Waals surface area contributed by atoms with Crippen molar-refractivity contribution >= 4 is 10.9 Å². The number of H-pyrrole nitrogens is 1. The Morgan fingerprint density at radius 2 is 1.78 bits per heavy atom. The molecule has 1 atom stereocenters. The van der Waals surface area contributed by atoms with Crippen LogP contribution >= 0.6 is 0 Å². The number of hydrogen-bond acceptors (Lipinski definition) is 5. The summed E-state index contributed by atoms with van der Waals surface area (Å²) >= 11 is 0. The van der Waals surface area contributed by atoms with Gasteiger partial charge in [0.15, 0.2) is 5.82 Å². The molecule has 2 aromatic heterocycles. The first-order valence-electron chi connectivity index (χ1n) is 12.8. The summed E-state index contributed by atoms with van der Waals surface area (Å²) in [5.74, 6) is 0.832. The largest absolute Gasteiger partial charge is 0.321 e. The van der Waals surface area contributed by atoms with E-state index in [9.17, 15) is 4.79 Å². The number of fused-ring (bicyclic) bond motifs is 1. The van der Waals surface area contributed by atoms with Gasteiger partial charge in [0.25, 0.3) is 5.56 Å². The van der Waals surface area contributed by atoms with Gasteiger partial charge in [-0.2, -0.15) is 0 Å². The summed E-state index contributed by atoms with van der Waals surface area (Å²) in [5.41, 5.74) is 6.23. The van der Waals surface area contributed by atoms with Crippen LogP contribution in [0.15, 0.2) is 47.3 Å². The maximum Gasteiger partial charge on any atom is 0.252 e. The van der Waals surface area contributed by atoms with E-state index < -0.39 is 0 Å². The molecule has 0 aliphatic carbocycles. The number of rotatable bonds is 8. The molecule has 0 amide bonds. The second-order valence-corrected chi connectivity index (χ2v) is 10.9. The van der Waals surface area contributed by atoms with Gasteiger partial charge in [-0.3, -0.25) is 9.69 Å². The number of tetrazole rings is 1. The highest BCUT2D eigenvalue weighted by molar-refractivity contribution is 5.82. The lowest BCUT2D eigenvalue weighted by Gasteiger charge is -2.32. The minimum atomic E-state index is -0.247. The number of aromatic amines is 1. The Kier molecular flexibility index (Phi) is 7.41. The van der Waals surface area contributed by atoms with E-state index in [0.29, 0.717) is 6.54 Å². The van der Waals surface area contributed by atoms with E-state index in [1.807, 2.05) is 17.7 Å². The number of nitrogens with zero attached hydrogens (tertiary/aromatic N) is 5. The molecular weight excluding hydrogens is 448 g/mol. The molecule has 190 valence electrons. The first-order valence-corrected chi connectivity index (χ1v) is 12.8. The van der Waals surface area contributed by atoms with Gasteiger partial charge >= 0.3 is 0 Å². The van der Waals surface area contributed by atoms with Gasteiger partial charge in [0.2, 0.25) is 0 Å². The van der Waals surface area contributed by atoms with Gasteiger partial charge in [-0.15, -0.1) is 5.10 Å². The fraction of sp³-hybridized carbons (Fsp3) is 0.448. The van der Waals surface area contributed by atoms with Crippen LogP contribution in [0.3, 0.4) is 0 Å². The zero-order valence-corrected chi connectivity index (χ0v) is 22.6. The summed E-state index contributed by atoms with van der Waals surface area (Å²) in [7, 11) is 0. The molecule has 0 radical (unpaired) electrons. The van der Waals surface area contributed by atoms with Crippen LogP contribution in [-0.4, -0.2) is 36.6 Å². The summed E-state index contributed by atoms with van der Waals surface area (Å²) in [4.78, 5) is 18.7. The van der Waals surface area contributed by atoms with Crippen LogP contribution in [0.5, 0.6) is 0 Å². The van der Waals surface area contributed by atoms with Gasteiger partial charge in [0.05, 0.1) is 17.1 Å². The fourth-order valence-electron chi connectivity index (χ4n) is 5.05. The minimum Gasteiger partial charge on any atom is -0.321 e. The van der Waals surface area contributed by atoms with Crippen molar-refractivity contribution in [2.45, 2.75) is 79.4 Å². The Labute approximate surface area is 213 Å². The van der Waals surface area contributed by atoms with Crippen molar-refractivity contribution in [3.8, 4) is 0 Å². The van der Waals surface area contributed by atoms with Crippen LogP contribution in [0.4, 0.5) is 0 Å². The smallest absolute Gasteiger partial charge is 0.252 e. The summed E-state index contributed by atoms with van der Waals surface area (Å²) in [6, 6.07) is 14.7. The third kappa shape index (κ3) is 5.41. The maximum absolute atomic E-state index is 13.2. The fourth-order valence-corrected chi connectivity index (χ4v) is 5.05. The Hall–Kier alpha value is -3.32. The lowest BCUT2D eigenvalue weighted by Crippen LogP contribution is -2.36. The monoisotopic (exact) mass is 486 g/mol. The highest BCUT2D eigenvalue weighted by atomic mass is 16.1. The predicted octanol–water partition coefficient (Wildman–Crippen LogP) is 5.39. The lowest BCUT2D eigenvalue weighted by molar-refractivity contribution is 0.163. The third-order valence-corrected chi connectivity index (χ3v) is 6.93. The summed E-state index contributed by atoms with van der Waals surface area (Å²) < 4.78 is 1.92. The van der Waals surface area contributed by atoms with Crippen molar-refractivity contribution in [2.75, 3.05) is 6.54 Å². The van der Waals surface area contributed by atoms with Gasteiger partial charge in [0.1, 0.15) is 0 Å². The number of aryl methyl sites for hydroxylation is 3. The van der Waals surface area contributed by atoms with Gasteiger partial charge < -0.3 is 4.98 Å². The highest BCUT2D eigenvalue weighted by Gasteiger charge is 2.29. The van der Waals surface area contributed by atoms with Crippen molar-refractivity contribution in [1.29, 1.82) is 0 Å². The van der Waals surface area contributed by atoms with Gasteiger partial charge in [-0.05, 0) is 99.0 Å². The van der Waals surface area contributed by atoms with Crippen LogP contribution in [0, 0.1) is 20.8 Å². The average Bonchev–Trinajstić information content (AvgIpc) is 3.30. The lowest BCUT2D eigenvalue weighted by atomic mass is 10.0. The molecule has 7 heteroatoms. The van der Waals surface area contributed by atoms with E-state index in [-0.39, 0.29) is 17.1 Å². The molecule has 0 aliphatic rings. The van der Waals surface area contributed by atoms with Crippen LogP contribution < -0.4 is 5.56 Å². The molecule has 0 aliphatic heterocycles. The van der Waals surface area contributed by atoms with E-state index >= 15 is 0 Å². The molecule has 0 saturated heterocycles. The number of benzene rings is 2. The highest BCUT2D eigenvalue weighted by Crippen LogP contribution is 2.28. The van der Waals surface area contributed by atoms with Crippen molar-refractivity contribution in [3.63, 3.8) is 0 Å². The molecule has 0 fully saturated rings. The predicted molar refractivity (Wildman–Crippen MR) is 145 cm³/mol. The SMILES string of the molecule is CCC(c1nnnn1C(C)(C)C)N(CCc1ccccc1C)Cc1cc2cc(C)cc(C)c2[nH]c1=O. The van der Waals surface area contributed by atoms with E-state index in [2.05, 4.69) is 103 Å². The Morgan fingerprint density at radius 3 is 2.47 bits per heavy atom. The third-order valence-electron chi connectivity index (χ3n) is 6.93. The van der Waals surface area contributed by atoms with E-state index in [1.165, 1.54) is 16.7 Å². The first kappa shape index (κ1) is 25.8. The number of pyridine rings is 1. The Balaban J connectivity index is 1.75.